The van der Waals surface area contributed by atoms with Crippen LogP contribution in [-0.2, 0) is 10.8 Å². The van der Waals surface area contributed by atoms with Crippen molar-refractivity contribution in [3.05, 3.63) is 240 Å². The maximum atomic E-state index is 7.48. The number of rotatable bonds is 10. The van der Waals surface area contributed by atoms with Crippen LogP contribution in [0, 0.1) is 13.8 Å². The number of aryl methyl sites for hydroxylation is 2. The second kappa shape index (κ2) is 21.8. The van der Waals surface area contributed by atoms with Crippen LogP contribution < -0.4 is 9.80 Å². The van der Waals surface area contributed by atoms with Crippen LogP contribution in [0.15, 0.2) is 215 Å². The van der Waals surface area contributed by atoms with Crippen LogP contribution >= 0.6 is 0 Å². The summed E-state index contributed by atoms with van der Waals surface area (Å²) in [4.78, 5) is 5.18. The van der Waals surface area contributed by atoms with Gasteiger partial charge in [0.15, 0.2) is 11.2 Å². The normalized spacial score (nSPS) is 14.8. The first-order valence-corrected chi connectivity index (χ1v) is 33.4. The highest BCUT2D eigenvalue weighted by Crippen LogP contribution is 2.56. The van der Waals surface area contributed by atoms with Crippen molar-refractivity contribution in [2.45, 2.75) is 142 Å². The number of furan rings is 2. The van der Waals surface area contributed by atoms with Gasteiger partial charge in [-0.05, 0) is 177 Å². The minimum absolute atomic E-state index is 0.0917. The van der Waals surface area contributed by atoms with Gasteiger partial charge in [-0.25, -0.2) is 0 Å². The SMILES string of the molecule is Cc1ccccc1-c1cccc2c1oc1c(N(c3cccc(C(C)(C)C)c3)c3cc(C4CCCCC4)c4ccc5c(N(c6cccc(C(C)(C)C)c6)c6cccc7c6oc6c(-c8ccccc8C)cccc67)cc(C6CCCCC6)c6ccc3c4c65)cccc12. The van der Waals surface area contributed by atoms with Crippen LogP contribution in [0.4, 0.5) is 34.1 Å². The van der Waals surface area contributed by atoms with E-state index in [1.165, 1.54) is 152 Å². The summed E-state index contributed by atoms with van der Waals surface area (Å²) in [5.74, 6) is 0.820. The van der Waals surface area contributed by atoms with Gasteiger partial charge in [0.2, 0.25) is 0 Å². The standard InChI is InChI=1S/C86H80N2O2/c1-53-25-15-17-35-61(53)65-37-21-39-67-69-41-23-43-75(83(69)89-81(65)67)87(59-33-19-31-57(49-59)85(3,4)5)77-51-73(55-27-11-9-12-28-55)63-46-48-72-78(52-74(56-29-13-10-14-30-56)64-45-47-71(77)79(63)80(64)72)88(60-34-20-32-58(50-60)86(6,7)8)76-44-24-42-70-68-40-22-38-66(82(68)90-84(70)76)62-36-18-16-26-54(62)2/h15-26,31-52,55-56H,9-14,27-30H2,1-8H3. The van der Waals surface area contributed by atoms with Crippen molar-refractivity contribution >= 4 is 110 Å². The summed E-state index contributed by atoms with van der Waals surface area (Å²) >= 11 is 0. The van der Waals surface area contributed by atoms with E-state index in [1.54, 1.807) is 0 Å². The Kier molecular flexibility index (Phi) is 13.6. The van der Waals surface area contributed by atoms with Gasteiger partial charge in [-0.3, -0.25) is 0 Å². The van der Waals surface area contributed by atoms with Gasteiger partial charge in [0, 0.05) is 54.8 Å². The molecule has 446 valence electrons. The average molecular weight is 1170 g/mol. The lowest BCUT2D eigenvalue weighted by Gasteiger charge is -2.34. The molecule has 2 saturated carbocycles. The second-order valence-corrected chi connectivity index (χ2v) is 28.5. The third-order valence-electron chi connectivity index (χ3n) is 20.8. The molecule has 2 aliphatic carbocycles. The van der Waals surface area contributed by atoms with Crippen molar-refractivity contribution in [3.63, 3.8) is 0 Å². The van der Waals surface area contributed by atoms with E-state index in [0.717, 1.165) is 77.8 Å². The first-order chi connectivity index (χ1) is 43.8. The zero-order chi connectivity index (χ0) is 61.2. The molecule has 4 nitrogen and oxygen atoms in total. The summed E-state index contributed by atoms with van der Waals surface area (Å²) in [7, 11) is 0. The van der Waals surface area contributed by atoms with Crippen LogP contribution in [0.2, 0.25) is 0 Å². The van der Waals surface area contributed by atoms with Gasteiger partial charge in [0.1, 0.15) is 11.2 Å². The van der Waals surface area contributed by atoms with E-state index >= 15 is 0 Å². The number of hydrogen-bond acceptors (Lipinski definition) is 4. The van der Waals surface area contributed by atoms with Gasteiger partial charge < -0.3 is 18.6 Å². The van der Waals surface area contributed by atoms with E-state index in [9.17, 15) is 0 Å². The van der Waals surface area contributed by atoms with Crippen molar-refractivity contribution in [2.75, 3.05) is 9.80 Å². The first kappa shape index (κ1) is 56.1. The summed E-state index contributed by atoms with van der Waals surface area (Å²) in [6.07, 6.45) is 12.2. The third kappa shape index (κ3) is 9.29. The van der Waals surface area contributed by atoms with Crippen molar-refractivity contribution in [3.8, 4) is 22.3 Å². The van der Waals surface area contributed by atoms with Crippen molar-refractivity contribution in [1.29, 1.82) is 0 Å². The zero-order valence-corrected chi connectivity index (χ0v) is 53.6. The second-order valence-electron chi connectivity index (χ2n) is 28.5. The van der Waals surface area contributed by atoms with Gasteiger partial charge in [-0.15, -0.1) is 0 Å². The molecule has 0 N–H and O–H groups in total. The summed E-state index contributed by atoms with van der Waals surface area (Å²) < 4.78 is 15.0. The molecule has 0 spiro atoms. The Hall–Kier alpha value is -9.12. The molecule has 0 radical (unpaired) electrons. The smallest absolute Gasteiger partial charge is 0.159 e. The number of anilines is 6. The summed E-state index contributed by atoms with van der Waals surface area (Å²) in [5.41, 5.74) is 22.7. The lowest BCUT2D eigenvalue weighted by atomic mass is 9.77. The van der Waals surface area contributed by atoms with E-state index in [2.05, 4.69) is 271 Å². The summed E-state index contributed by atoms with van der Waals surface area (Å²) in [6.45, 7) is 18.4. The molecular formula is C86H80N2O2. The van der Waals surface area contributed by atoms with E-state index in [-0.39, 0.29) is 10.8 Å². The molecule has 4 heteroatoms. The fraction of sp³-hybridized carbons (Fsp3) is 0.256. The lowest BCUT2D eigenvalue weighted by molar-refractivity contribution is 0.445. The summed E-state index contributed by atoms with van der Waals surface area (Å²) in [5, 5.41) is 12.4. The molecule has 14 aromatic rings. The van der Waals surface area contributed by atoms with Gasteiger partial charge in [-0.2, -0.15) is 0 Å². The molecule has 90 heavy (non-hydrogen) atoms. The number of fused-ring (bicyclic) bond motifs is 6. The van der Waals surface area contributed by atoms with Gasteiger partial charge >= 0.3 is 0 Å². The molecule has 0 bridgehead atoms. The molecular weight excluding hydrogens is 1090 g/mol. The van der Waals surface area contributed by atoms with Crippen LogP contribution in [0.1, 0.15) is 151 Å². The number of benzene rings is 12. The third-order valence-corrected chi connectivity index (χ3v) is 20.8. The molecule has 16 rings (SSSR count). The van der Waals surface area contributed by atoms with Gasteiger partial charge in [-0.1, -0.05) is 238 Å². The zero-order valence-electron chi connectivity index (χ0n) is 53.6. The average Bonchev–Trinajstić information content (AvgIpc) is 1.05. The Morgan fingerprint density at radius 1 is 0.311 bits per heavy atom. The van der Waals surface area contributed by atoms with E-state index in [0.29, 0.717) is 11.8 Å². The molecule has 0 unspecified atom stereocenters. The number of nitrogens with zero attached hydrogens (tertiary/aromatic N) is 2. The Morgan fingerprint density at radius 2 is 0.667 bits per heavy atom. The molecule has 0 atom stereocenters. The highest BCUT2D eigenvalue weighted by Gasteiger charge is 2.33. The van der Waals surface area contributed by atoms with Crippen molar-refractivity contribution in [2.24, 2.45) is 0 Å². The molecule has 12 aromatic carbocycles. The van der Waals surface area contributed by atoms with Crippen LogP contribution in [0.5, 0.6) is 0 Å². The quantitative estimate of drug-likeness (QED) is 0.128. The Morgan fingerprint density at radius 3 is 1.07 bits per heavy atom. The lowest BCUT2D eigenvalue weighted by Crippen LogP contribution is -2.16. The number of para-hydroxylation sites is 4. The maximum Gasteiger partial charge on any atom is 0.159 e. The minimum atomic E-state index is -0.0917. The molecule has 0 amide bonds. The molecule has 2 heterocycles. The van der Waals surface area contributed by atoms with Gasteiger partial charge in [0.05, 0.1) is 22.7 Å². The highest BCUT2D eigenvalue weighted by atomic mass is 16.3. The van der Waals surface area contributed by atoms with Crippen molar-refractivity contribution in [1.82, 2.24) is 0 Å². The Balaban J connectivity index is 1.02. The van der Waals surface area contributed by atoms with Crippen molar-refractivity contribution < 1.29 is 8.83 Å². The number of hydrogen-bond donors (Lipinski definition) is 0. The van der Waals surface area contributed by atoms with E-state index in [1.807, 2.05) is 0 Å². The van der Waals surface area contributed by atoms with Crippen LogP contribution in [0.25, 0.3) is 98.4 Å². The topological polar surface area (TPSA) is 32.8 Å². The molecule has 2 fully saturated rings. The summed E-state index contributed by atoms with van der Waals surface area (Å²) in [6, 6.07) is 78.5. The fourth-order valence-corrected chi connectivity index (χ4v) is 16.1. The predicted octanol–water partition coefficient (Wildman–Crippen LogP) is 26.0. The molecule has 0 aliphatic heterocycles. The highest BCUT2D eigenvalue weighted by molar-refractivity contribution is 6.30. The minimum Gasteiger partial charge on any atom is -0.453 e. The van der Waals surface area contributed by atoms with Crippen LogP contribution in [-0.4, -0.2) is 0 Å². The largest absolute Gasteiger partial charge is 0.453 e. The Bertz CT molecular complexity index is 4780. The van der Waals surface area contributed by atoms with E-state index in [4.69, 9.17) is 8.83 Å². The molecule has 2 aliphatic rings. The molecule has 0 saturated heterocycles. The van der Waals surface area contributed by atoms with Gasteiger partial charge in [0.25, 0.3) is 0 Å². The Labute approximate surface area is 530 Å². The van der Waals surface area contributed by atoms with E-state index < -0.39 is 0 Å². The monoisotopic (exact) mass is 1170 g/mol. The molecule has 2 aromatic heterocycles. The predicted molar refractivity (Wildman–Crippen MR) is 383 cm³/mol. The first-order valence-electron chi connectivity index (χ1n) is 33.4. The fourth-order valence-electron chi connectivity index (χ4n) is 16.1. The van der Waals surface area contributed by atoms with Crippen LogP contribution in [0.3, 0.4) is 0 Å². The maximum absolute atomic E-state index is 7.48.